The van der Waals surface area contributed by atoms with Crippen LogP contribution in [0.5, 0.6) is 0 Å². The number of carbonyl (C=O) groups is 1. The maximum Gasteiger partial charge on any atom is 0.236 e. The smallest absolute Gasteiger partial charge is 0.236 e. The molecule has 0 spiro atoms. The highest BCUT2D eigenvalue weighted by Gasteiger charge is 2.24. The number of rotatable bonds is 5. The van der Waals surface area contributed by atoms with E-state index in [1.54, 1.807) is 4.90 Å². The Hall–Kier alpha value is -3.19. The number of H-pyrrole nitrogens is 1. The van der Waals surface area contributed by atoms with Crippen LogP contribution in [0.2, 0.25) is 0 Å². The minimum Gasteiger partial charge on any atom is -0.348 e. The maximum atomic E-state index is 12.1. The number of imidazole rings is 1. The van der Waals surface area contributed by atoms with Crippen LogP contribution in [0.1, 0.15) is 50.2 Å². The van der Waals surface area contributed by atoms with Crippen LogP contribution in [-0.2, 0) is 4.79 Å². The van der Waals surface area contributed by atoms with Crippen molar-refractivity contribution in [2.75, 3.05) is 33.7 Å². The van der Waals surface area contributed by atoms with Gasteiger partial charge in [0.1, 0.15) is 11.5 Å². The number of fused-ring (bicyclic) bond motifs is 2. The number of likely N-dealkylation sites (N-methyl/N-ethyl adjacent to an activating group) is 1. The highest BCUT2D eigenvalue weighted by atomic mass is 16.2. The second kappa shape index (κ2) is 8.87. The lowest BCUT2D eigenvalue weighted by Gasteiger charge is -2.31. The van der Waals surface area contributed by atoms with Crippen LogP contribution in [0.3, 0.4) is 0 Å². The number of hydrogen-bond acceptors (Lipinski definition) is 4. The summed E-state index contributed by atoms with van der Waals surface area (Å²) in [6, 6.07) is 11.3. The Morgan fingerprint density at radius 1 is 1.18 bits per heavy atom. The van der Waals surface area contributed by atoms with Crippen LogP contribution in [0, 0.1) is 6.92 Å². The van der Waals surface area contributed by atoms with E-state index in [9.17, 15) is 4.79 Å². The average molecular weight is 459 g/mol. The summed E-state index contributed by atoms with van der Waals surface area (Å²) in [6.45, 7) is 8.86. The molecule has 1 N–H and O–H groups in total. The van der Waals surface area contributed by atoms with Gasteiger partial charge < -0.3 is 14.5 Å². The molecule has 3 aromatic heterocycles. The number of aromatic amines is 1. The number of nitrogens with zero attached hydrogens (tertiary/aromatic N) is 5. The molecule has 0 aliphatic carbocycles. The van der Waals surface area contributed by atoms with Gasteiger partial charge in [0, 0.05) is 43.3 Å². The number of carbonyl (C=O) groups excluding carboxylic acids is 1. The fourth-order valence-electron chi connectivity index (χ4n) is 5.29. The molecular weight excluding hydrogens is 424 g/mol. The molecule has 0 unspecified atom stereocenters. The number of nitrogens with one attached hydrogen (secondary N) is 1. The zero-order chi connectivity index (χ0) is 24.0. The summed E-state index contributed by atoms with van der Waals surface area (Å²) in [7, 11) is 3.64. The summed E-state index contributed by atoms with van der Waals surface area (Å²) in [5, 5.41) is 1.16. The highest BCUT2D eigenvalue weighted by molar-refractivity contribution is 5.96. The molecule has 5 rings (SSSR count). The van der Waals surface area contributed by atoms with E-state index in [1.165, 1.54) is 22.3 Å². The first-order valence-electron chi connectivity index (χ1n) is 12.2. The molecule has 34 heavy (non-hydrogen) atoms. The molecule has 1 aliphatic rings. The topological polar surface area (TPSA) is 70.1 Å². The Morgan fingerprint density at radius 2 is 1.94 bits per heavy atom. The van der Waals surface area contributed by atoms with E-state index in [0.717, 1.165) is 48.3 Å². The molecule has 178 valence electrons. The molecular formula is C27H34N6O. The SMILES string of the molecule is Cc1nc2ccc(-c3ccnc4[nH]c(C5CCN(CC(=O)N(C)C)CC5)cc34)cc2n1C(C)C. The summed E-state index contributed by atoms with van der Waals surface area (Å²) >= 11 is 0. The van der Waals surface area contributed by atoms with E-state index in [2.05, 4.69) is 70.5 Å². The first kappa shape index (κ1) is 22.6. The van der Waals surface area contributed by atoms with Crippen molar-refractivity contribution < 1.29 is 4.79 Å². The zero-order valence-electron chi connectivity index (χ0n) is 20.8. The largest absolute Gasteiger partial charge is 0.348 e. The number of aromatic nitrogens is 4. The van der Waals surface area contributed by atoms with Crippen LogP contribution in [-0.4, -0.2) is 69.0 Å². The molecule has 1 aromatic carbocycles. The number of benzene rings is 1. The Labute approximate surface area is 200 Å². The molecule has 4 aromatic rings. The summed E-state index contributed by atoms with van der Waals surface area (Å²) in [4.78, 5) is 29.0. The molecule has 1 fully saturated rings. The highest BCUT2D eigenvalue weighted by Crippen LogP contribution is 2.35. The van der Waals surface area contributed by atoms with Gasteiger partial charge in [-0.2, -0.15) is 0 Å². The van der Waals surface area contributed by atoms with E-state index in [4.69, 9.17) is 4.98 Å². The average Bonchev–Trinajstić information content (AvgIpc) is 3.39. The standard InChI is InChI=1S/C27H34N6O/c1-17(2)33-18(3)29-23-7-6-20(14-25(23)33)21-8-11-28-27-22(21)15-24(30-27)19-9-12-32(13-10-19)16-26(34)31(4)5/h6-8,11,14-15,17,19H,9-10,12-13,16H2,1-5H3,(H,28,30). The minimum absolute atomic E-state index is 0.170. The van der Waals surface area contributed by atoms with Crippen LogP contribution in [0.25, 0.3) is 33.2 Å². The van der Waals surface area contributed by atoms with Gasteiger partial charge in [-0.05, 0) is 82.1 Å². The predicted octanol–water partition coefficient (Wildman–Crippen LogP) is 4.74. The lowest BCUT2D eigenvalue weighted by Crippen LogP contribution is -2.40. The fraction of sp³-hybridized carbons (Fsp3) is 0.444. The third-order valence-electron chi connectivity index (χ3n) is 7.13. The third kappa shape index (κ3) is 4.09. The van der Waals surface area contributed by atoms with Crippen molar-refractivity contribution >= 4 is 28.0 Å². The quantitative estimate of drug-likeness (QED) is 0.469. The number of hydrogen-bond donors (Lipinski definition) is 1. The van der Waals surface area contributed by atoms with Crippen LogP contribution in [0.15, 0.2) is 36.5 Å². The number of aryl methyl sites for hydroxylation is 1. The molecule has 1 amide bonds. The van der Waals surface area contributed by atoms with Crippen molar-refractivity contribution in [3.63, 3.8) is 0 Å². The monoisotopic (exact) mass is 458 g/mol. The Morgan fingerprint density at radius 3 is 2.65 bits per heavy atom. The van der Waals surface area contributed by atoms with Crippen LogP contribution in [0.4, 0.5) is 0 Å². The van der Waals surface area contributed by atoms with Crippen molar-refractivity contribution in [3.8, 4) is 11.1 Å². The van der Waals surface area contributed by atoms with Gasteiger partial charge in [0.2, 0.25) is 5.91 Å². The second-order valence-electron chi connectivity index (χ2n) is 10.0. The van der Waals surface area contributed by atoms with Gasteiger partial charge in [0.15, 0.2) is 0 Å². The van der Waals surface area contributed by atoms with Crippen LogP contribution >= 0.6 is 0 Å². The number of piperidine rings is 1. The van der Waals surface area contributed by atoms with Crippen molar-refractivity contribution in [1.82, 2.24) is 29.3 Å². The summed E-state index contributed by atoms with van der Waals surface area (Å²) in [5.41, 5.74) is 6.77. The van der Waals surface area contributed by atoms with Gasteiger partial charge in [-0.3, -0.25) is 9.69 Å². The third-order valence-corrected chi connectivity index (χ3v) is 7.13. The maximum absolute atomic E-state index is 12.1. The summed E-state index contributed by atoms with van der Waals surface area (Å²) < 4.78 is 2.30. The van der Waals surface area contributed by atoms with E-state index in [0.29, 0.717) is 18.5 Å². The van der Waals surface area contributed by atoms with Crippen LogP contribution < -0.4 is 0 Å². The van der Waals surface area contributed by atoms with E-state index >= 15 is 0 Å². The Bertz CT molecular complexity index is 1340. The number of likely N-dealkylation sites (tertiary alicyclic amines) is 1. The minimum atomic E-state index is 0.170. The van der Waals surface area contributed by atoms with E-state index in [1.807, 2.05) is 20.3 Å². The van der Waals surface area contributed by atoms with E-state index < -0.39 is 0 Å². The first-order valence-corrected chi connectivity index (χ1v) is 12.2. The van der Waals surface area contributed by atoms with Gasteiger partial charge in [-0.25, -0.2) is 9.97 Å². The van der Waals surface area contributed by atoms with Crippen molar-refractivity contribution in [2.45, 2.75) is 45.6 Å². The summed E-state index contributed by atoms with van der Waals surface area (Å²) in [5.74, 6) is 1.67. The molecule has 7 heteroatoms. The van der Waals surface area contributed by atoms with Crippen molar-refractivity contribution in [1.29, 1.82) is 0 Å². The predicted molar refractivity (Wildman–Crippen MR) is 137 cm³/mol. The molecule has 0 saturated carbocycles. The van der Waals surface area contributed by atoms with Gasteiger partial charge in [-0.1, -0.05) is 6.07 Å². The Balaban J connectivity index is 1.43. The van der Waals surface area contributed by atoms with Gasteiger partial charge in [-0.15, -0.1) is 0 Å². The molecule has 0 radical (unpaired) electrons. The summed E-state index contributed by atoms with van der Waals surface area (Å²) in [6.07, 6.45) is 3.98. The number of amides is 1. The molecule has 0 atom stereocenters. The molecule has 4 heterocycles. The lowest BCUT2D eigenvalue weighted by molar-refractivity contribution is -0.130. The van der Waals surface area contributed by atoms with Gasteiger partial charge in [0.25, 0.3) is 0 Å². The normalized spacial score (nSPS) is 15.6. The molecule has 1 aliphatic heterocycles. The number of pyridine rings is 1. The second-order valence-corrected chi connectivity index (χ2v) is 10.0. The molecule has 7 nitrogen and oxygen atoms in total. The van der Waals surface area contributed by atoms with Gasteiger partial charge in [0.05, 0.1) is 17.6 Å². The molecule has 1 saturated heterocycles. The van der Waals surface area contributed by atoms with Gasteiger partial charge >= 0.3 is 0 Å². The first-order chi connectivity index (χ1) is 16.3. The lowest BCUT2D eigenvalue weighted by atomic mass is 9.93. The Kier molecular flexibility index (Phi) is 5.90. The van der Waals surface area contributed by atoms with Crippen molar-refractivity contribution in [3.05, 3.63) is 48.0 Å². The zero-order valence-corrected chi connectivity index (χ0v) is 20.8. The fourth-order valence-corrected chi connectivity index (χ4v) is 5.29. The van der Waals surface area contributed by atoms with Crippen molar-refractivity contribution in [2.24, 2.45) is 0 Å². The molecule has 0 bridgehead atoms. The van der Waals surface area contributed by atoms with E-state index in [-0.39, 0.29) is 5.91 Å².